The van der Waals surface area contributed by atoms with Gasteiger partial charge in [0.05, 0.1) is 17.9 Å². The summed E-state index contributed by atoms with van der Waals surface area (Å²) in [5, 5.41) is 9.28. The fraction of sp³-hybridized carbons (Fsp3) is 0.538. The summed E-state index contributed by atoms with van der Waals surface area (Å²) in [5.41, 5.74) is 0.540. The van der Waals surface area contributed by atoms with Crippen LogP contribution in [0.4, 0.5) is 4.79 Å². The van der Waals surface area contributed by atoms with Gasteiger partial charge in [0.25, 0.3) is 0 Å². The zero-order valence-corrected chi connectivity index (χ0v) is 11.7. The Labute approximate surface area is 116 Å². The van der Waals surface area contributed by atoms with E-state index in [2.05, 4.69) is 9.97 Å². The molecule has 20 heavy (non-hydrogen) atoms. The second-order valence-corrected chi connectivity index (χ2v) is 5.62. The largest absolute Gasteiger partial charge is 0.480 e. The molecular formula is C13H17N3O4. The highest BCUT2D eigenvalue weighted by Crippen LogP contribution is 2.22. The lowest BCUT2D eigenvalue weighted by molar-refractivity contribution is -0.143. The molecule has 0 aromatic carbocycles. The molecule has 1 atom stereocenters. The van der Waals surface area contributed by atoms with Crippen molar-refractivity contribution in [2.75, 3.05) is 0 Å². The minimum Gasteiger partial charge on any atom is -0.480 e. The summed E-state index contributed by atoms with van der Waals surface area (Å²) >= 11 is 0. The van der Waals surface area contributed by atoms with Crippen LogP contribution in [0.5, 0.6) is 0 Å². The van der Waals surface area contributed by atoms with Gasteiger partial charge in [0.1, 0.15) is 11.6 Å². The first kappa shape index (κ1) is 14.2. The van der Waals surface area contributed by atoms with E-state index >= 15 is 0 Å². The Hall–Kier alpha value is -2.18. The van der Waals surface area contributed by atoms with Crippen molar-refractivity contribution in [3.63, 3.8) is 0 Å². The number of carboxylic acid groups (broad SMARTS) is 1. The first-order valence-corrected chi connectivity index (χ1v) is 6.29. The van der Waals surface area contributed by atoms with Crippen molar-refractivity contribution >= 4 is 12.1 Å². The Morgan fingerprint density at radius 3 is 2.45 bits per heavy atom. The van der Waals surface area contributed by atoms with Crippen LogP contribution in [-0.4, -0.2) is 43.7 Å². The predicted octanol–water partition coefficient (Wildman–Crippen LogP) is 1.22. The number of hydrogen-bond acceptors (Lipinski definition) is 5. The van der Waals surface area contributed by atoms with Crippen molar-refractivity contribution in [2.45, 2.75) is 45.4 Å². The maximum absolute atomic E-state index is 12.1. The average Bonchev–Trinajstić information content (AvgIpc) is 2.35. The third-order valence-electron chi connectivity index (χ3n) is 2.86. The van der Waals surface area contributed by atoms with E-state index in [0.29, 0.717) is 11.4 Å². The molecule has 7 nitrogen and oxygen atoms in total. The molecule has 2 rings (SSSR count). The third-order valence-corrected chi connectivity index (χ3v) is 2.86. The van der Waals surface area contributed by atoms with Gasteiger partial charge in [0, 0.05) is 18.8 Å². The van der Waals surface area contributed by atoms with E-state index in [1.807, 2.05) is 0 Å². The highest BCUT2D eigenvalue weighted by atomic mass is 16.6. The number of hydrogen-bond donors (Lipinski definition) is 1. The molecule has 1 aromatic heterocycles. The number of carbonyl (C=O) groups is 2. The molecule has 0 bridgehead atoms. The fourth-order valence-corrected chi connectivity index (χ4v) is 2.00. The highest BCUT2D eigenvalue weighted by molar-refractivity contribution is 5.81. The molecule has 2 heterocycles. The van der Waals surface area contributed by atoms with E-state index in [0.717, 1.165) is 0 Å². The summed E-state index contributed by atoms with van der Waals surface area (Å²) in [5.74, 6) is -1.08. The molecule has 1 N–H and O–H groups in total. The van der Waals surface area contributed by atoms with Gasteiger partial charge in [-0.2, -0.15) is 0 Å². The SMILES string of the molecule is CC(C)(C)OC(=O)N1Cc2nccnc2C[C@H]1C(=O)O. The third kappa shape index (κ3) is 3.04. The molecule has 0 radical (unpaired) electrons. The van der Waals surface area contributed by atoms with E-state index in [9.17, 15) is 14.7 Å². The van der Waals surface area contributed by atoms with Crippen LogP contribution in [0.15, 0.2) is 12.4 Å². The van der Waals surface area contributed by atoms with Gasteiger partial charge in [-0.15, -0.1) is 0 Å². The molecule has 0 unspecified atom stereocenters. The number of nitrogens with zero attached hydrogens (tertiary/aromatic N) is 3. The minimum atomic E-state index is -1.08. The summed E-state index contributed by atoms with van der Waals surface area (Å²) < 4.78 is 5.25. The molecule has 0 saturated carbocycles. The summed E-state index contributed by atoms with van der Waals surface area (Å²) in [7, 11) is 0. The van der Waals surface area contributed by atoms with Crippen LogP contribution in [0.3, 0.4) is 0 Å². The zero-order valence-electron chi connectivity index (χ0n) is 11.7. The fourth-order valence-electron chi connectivity index (χ4n) is 2.00. The standard InChI is InChI=1S/C13H17N3O4/c1-13(2,3)20-12(19)16-7-9-8(14-4-5-15-9)6-10(16)11(17)18/h4-5,10H,6-7H2,1-3H3,(H,17,18)/t10-/m0/s1. The van der Waals surface area contributed by atoms with E-state index in [4.69, 9.17) is 4.74 Å². The molecule has 0 fully saturated rings. The molecular weight excluding hydrogens is 262 g/mol. The Morgan fingerprint density at radius 1 is 1.30 bits per heavy atom. The van der Waals surface area contributed by atoms with Crippen LogP contribution >= 0.6 is 0 Å². The lowest BCUT2D eigenvalue weighted by Crippen LogP contribution is -2.50. The van der Waals surface area contributed by atoms with E-state index in [-0.39, 0.29) is 13.0 Å². The van der Waals surface area contributed by atoms with Crippen molar-refractivity contribution in [3.05, 3.63) is 23.8 Å². The number of carbonyl (C=O) groups excluding carboxylic acids is 1. The second kappa shape index (κ2) is 5.07. The van der Waals surface area contributed by atoms with Gasteiger partial charge in [-0.3, -0.25) is 14.9 Å². The van der Waals surface area contributed by atoms with Crippen molar-refractivity contribution in [3.8, 4) is 0 Å². The number of rotatable bonds is 1. The lowest BCUT2D eigenvalue weighted by Gasteiger charge is -2.34. The molecule has 0 saturated heterocycles. The first-order chi connectivity index (χ1) is 9.28. The molecule has 1 amide bonds. The monoisotopic (exact) mass is 279 g/mol. The van der Waals surface area contributed by atoms with Crippen LogP contribution in [0.1, 0.15) is 32.2 Å². The summed E-state index contributed by atoms with van der Waals surface area (Å²) in [6, 6.07) is -0.978. The van der Waals surface area contributed by atoms with E-state index in [1.54, 1.807) is 20.8 Å². The number of aliphatic carboxylic acids is 1. The molecule has 7 heteroatoms. The smallest absolute Gasteiger partial charge is 0.411 e. The Kier molecular flexibility index (Phi) is 3.61. The summed E-state index contributed by atoms with van der Waals surface area (Å²) in [6.45, 7) is 5.30. The van der Waals surface area contributed by atoms with Gasteiger partial charge in [-0.05, 0) is 20.8 Å². The first-order valence-electron chi connectivity index (χ1n) is 6.29. The van der Waals surface area contributed by atoms with Gasteiger partial charge >= 0.3 is 12.1 Å². The van der Waals surface area contributed by atoms with Crippen LogP contribution in [0.2, 0.25) is 0 Å². The van der Waals surface area contributed by atoms with Gasteiger partial charge in [-0.1, -0.05) is 0 Å². The normalized spacial score (nSPS) is 18.4. The molecule has 108 valence electrons. The van der Waals surface area contributed by atoms with Crippen LogP contribution in [-0.2, 0) is 22.5 Å². The Morgan fingerprint density at radius 2 is 1.90 bits per heavy atom. The maximum atomic E-state index is 12.1. The van der Waals surface area contributed by atoms with Crippen molar-refractivity contribution in [2.24, 2.45) is 0 Å². The number of ether oxygens (including phenoxy) is 1. The van der Waals surface area contributed by atoms with Crippen LogP contribution < -0.4 is 0 Å². The zero-order chi connectivity index (χ0) is 14.9. The quantitative estimate of drug-likeness (QED) is 0.831. The van der Waals surface area contributed by atoms with Gasteiger partial charge in [0.2, 0.25) is 0 Å². The van der Waals surface area contributed by atoms with E-state index < -0.39 is 23.7 Å². The van der Waals surface area contributed by atoms with Crippen molar-refractivity contribution < 1.29 is 19.4 Å². The molecule has 0 aliphatic carbocycles. The maximum Gasteiger partial charge on any atom is 0.411 e. The molecule has 0 spiro atoms. The van der Waals surface area contributed by atoms with Gasteiger partial charge < -0.3 is 9.84 Å². The highest BCUT2D eigenvalue weighted by Gasteiger charge is 2.38. The Bertz CT molecular complexity index is 539. The molecule has 1 aromatic rings. The number of carboxylic acids is 1. The summed E-state index contributed by atoms with van der Waals surface area (Å²) in [4.78, 5) is 32.9. The van der Waals surface area contributed by atoms with E-state index in [1.165, 1.54) is 17.3 Å². The minimum absolute atomic E-state index is 0.0923. The van der Waals surface area contributed by atoms with Crippen LogP contribution in [0.25, 0.3) is 0 Å². The van der Waals surface area contributed by atoms with Gasteiger partial charge in [0.15, 0.2) is 0 Å². The summed E-state index contributed by atoms with van der Waals surface area (Å²) in [6.07, 6.45) is 2.52. The molecule has 1 aliphatic rings. The molecule has 1 aliphatic heterocycles. The number of amides is 1. The number of aromatic nitrogens is 2. The predicted molar refractivity (Wildman–Crippen MR) is 68.9 cm³/mol. The topological polar surface area (TPSA) is 92.6 Å². The number of fused-ring (bicyclic) bond motifs is 1. The second-order valence-electron chi connectivity index (χ2n) is 5.62. The van der Waals surface area contributed by atoms with Crippen molar-refractivity contribution in [1.82, 2.24) is 14.9 Å². The lowest BCUT2D eigenvalue weighted by atomic mass is 10.0. The van der Waals surface area contributed by atoms with Gasteiger partial charge in [-0.25, -0.2) is 9.59 Å². The average molecular weight is 279 g/mol. The van der Waals surface area contributed by atoms with Crippen molar-refractivity contribution in [1.29, 1.82) is 0 Å². The van der Waals surface area contributed by atoms with Crippen LogP contribution in [0, 0.1) is 0 Å². The Balaban J connectivity index is 2.27.